The predicted octanol–water partition coefficient (Wildman–Crippen LogP) is 2.18. The predicted molar refractivity (Wildman–Crippen MR) is 83.8 cm³/mol. The summed E-state index contributed by atoms with van der Waals surface area (Å²) in [6.45, 7) is 9.03. The molecular formula is C16H25N3O2. The van der Waals surface area contributed by atoms with Crippen LogP contribution in [0.2, 0.25) is 0 Å². The Kier molecular flexibility index (Phi) is 5.99. The minimum absolute atomic E-state index is 0.0345. The van der Waals surface area contributed by atoms with Crippen LogP contribution in [0.1, 0.15) is 37.2 Å². The normalized spacial score (nSPS) is 15.0. The van der Waals surface area contributed by atoms with Gasteiger partial charge in [-0.15, -0.1) is 0 Å². The van der Waals surface area contributed by atoms with Crippen LogP contribution in [0.3, 0.4) is 0 Å². The summed E-state index contributed by atoms with van der Waals surface area (Å²) in [5.41, 5.74) is 1.60. The van der Waals surface area contributed by atoms with Crippen LogP contribution in [0, 0.1) is 0 Å². The van der Waals surface area contributed by atoms with Crippen LogP contribution in [0.25, 0.3) is 0 Å². The monoisotopic (exact) mass is 291 g/mol. The lowest BCUT2D eigenvalue weighted by atomic mass is 10.2. The lowest BCUT2D eigenvalue weighted by Gasteiger charge is -2.28. The smallest absolute Gasteiger partial charge is 0.272 e. The van der Waals surface area contributed by atoms with E-state index in [2.05, 4.69) is 23.7 Å². The van der Waals surface area contributed by atoms with E-state index in [1.807, 2.05) is 17.0 Å². The summed E-state index contributed by atoms with van der Waals surface area (Å²) in [5, 5.41) is 0. The summed E-state index contributed by atoms with van der Waals surface area (Å²) in [7, 11) is 0. The number of pyridine rings is 1. The molecule has 2 rings (SSSR count). The molecule has 1 amide bonds. The molecule has 1 aliphatic rings. The van der Waals surface area contributed by atoms with E-state index in [4.69, 9.17) is 4.74 Å². The van der Waals surface area contributed by atoms with E-state index in [1.165, 1.54) is 0 Å². The molecule has 0 bridgehead atoms. The number of hydrogen-bond donors (Lipinski definition) is 0. The molecule has 1 fully saturated rings. The van der Waals surface area contributed by atoms with Crippen molar-refractivity contribution in [3.63, 3.8) is 0 Å². The molecule has 5 heteroatoms. The first-order valence-electron chi connectivity index (χ1n) is 7.84. The zero-order chi connectivity index (χ0) is 15.1. The molecule has 0 N–H and O–H groups in total. The Morgan fingerprint density at radius 1 is 1.24 bits per heavy atom. The molecule has 0 unspecified atom stereocenters. The van der Waals surface area contributed by atoms with E-state index < -0.39 is 0 Å². The minimum atomic E-state index is 0.0345. The molecule has 0 aromatic carbocycles. The fraction of sp³-hybridized carbons (Fsp3) is 0.625. The highest BCUT2D eigenvalue weighted by Crippen LogP contribution is 2.15. The first-order chi connectivity index (χ1) is 10.3. The first-order valence-corrected chi connectivity index (χ1v) is 7.84. The van der Waals surface area contributed by atoms with Gasteiger partial charge in [-0.25, -0.2) is 4.98 Å². The molecule has 1 aliphatic heterocycles. The van der Waals surface area contributed by atoms with E-state index in [0.29, 0.717) is 5.69 Å². The molecule has 1 aromatic rings. The standard InChI is InChI=1S/C16H25N3O2/c1-3-7-19(8-4-2)16(20)15-6-5-14(13-17-15)18-9-11-21-12-10-18/h5-6,13H,3-4,7-12H2,1-2H3. The maximum Gasteiger partial charge on any atom is 0.272 e. The van der Waals surface area contributed by atoms with Crippen LogP contribution >= 0.6 is 0 Å². The number of hydrogen-bond acceptors (Lipinski definition) is 4. The van der Waals surface area contributed by atoms with E-state index >= 15 is 0 Å². The molecule has 1 aromatic heterocycles. The number of aromatic nitrogens is 1. The zero-order valence-corrected chi connectivity index (χ0v) is 13.0. The number of rotatable bonds is 6. The van der Waals surface area contributed by atoms with Crippen molar-refractivity contribution >= 4 is 11.6 Å². The average molecular weight is 291 g/mol. The van der Waals surface area contributed by atoms with Gasteiger partial charge >= 0.3 is 0 Å². The van der Waals surface area contributed by atoms with Crippen LogP contribution < -0.4 is 4.90 Å². The molecule has 0 saturated carbocycles. The summed E-state index contributed by atoms with van der Waals surface area (Å²) < 4.78 is 5.35. The van der Waals surface area contributed by atoms with E-state index in [-0.39, 0.29) is 5.91 Å². The van der Waals surface area contributed by atoms with Crippen LogP contribution in [-0.4, -0.2) is 55.2 Å². The summed E-state index contributed by atoms with van der Waals surface area (Å²) in [6, 6.07) is 3.83. The Bertz CT molecular complexity index is 435. The molecule has 0 aliphatic carbocycles. The van der Waals surface area contributed by atoms with Gasteiger partial charge < -0.3 is 14.5 Å². The number of carbonyl (C=O) groups excluding carboxylic acids is 1. The number of morpholine rings is 1. The van der Waals surface area contributed by atoms with Crippen molar-refractivity contribution < 1.29 is 9.53 Å². The van der Waals surface area contributed by atoms with Gasteiger partial charge in [0.1, 0.15) is 5.69 Å². The van der Waals surface area contributed by atoms with E-state index in [1.54, 1.807) is 6.20 Å². The lowest BCUT2D eigenvalue weighted by Crippen LogP contribution is -2.36. The third-order valence-corrected chi connectivity index (χ3v) is 3.62. The molecule has 21 heavy (non-hydrogen) atoms. The lowest BCUT2D eigenvalue weighted by molar-refractivity contribution is 0.0749. The van der Waals surface area contributed by atoms with Gasteiger partial charge in [-0.05, 0) is 25.0 Å². The molecule has 116 valence electrons. The largest absolute Gasteiger partial charge is 0.378 e. The number of nitrogens with zero attached hydrogens (tertiary/aromatic N) is 3. The van der Waals surface area contributed by atoms with Crippen molar-refractivity contribution in [3.8, 4) is 0 Å². The van der Waals surface area contributed by atoms with E-state index in [9.17, 15) is 4.79 Å². The number of anilines is 1. The fourth-order valence-electron chi connectivity index (χ4n) is 2.54. The summed E-state index contributed by atoms with van der Waals surface area (Å²) >= 11 is 0. The second-order valence-electron chi connectivity index (χ2n) is 5.29. The van der Waals surface area contributed by atoms with Gasteiger partial charge in [-0.1, -0.05) is 13.8 Å². The molecule has 0 radical (unpaired) electrons. The van der Waals surface area contributed by atoms with Gasteiger partial charge in [-0.3, -0.25) is 4.79 Å². The Hall–Kier alpha value is -1.62. The van der Waals surface area contributed by atoms with Crippen LogP contribution in [0.15, 0.2) is 18.3 Å². The van der Waals surface area contributed by atoms with Gasteiger partial charge in [0.15, 0.2) is 0 Å². The zero-order valence-electron chi connectivity index (χ0n) is 13.0. The van der Waals surface area contributed by atoms with Gasteiger partial charge in [0, 0.05) is 26.2 Å². The average Bonchev–Trinajstić information content (AvgIpc) is 2.55. The third-order valence-electron chi connectivity index (χ3n) is 3.62. The number of amides is 1. The van der Waals surface area contributed by atoms with Crippen molar-refractivity contribution in [2.75, 3.05) is 44.3 Å². The third kappa shape index (κ3) is 4.17. The molecule has 1 saturated heterocycles. The SMILES string of the molecule is CCCN(CCC)C(=O)c1ccc(N2CCOCC2)cn1. The van der Waals surface area contributed by atoms with Gasteiger partial charge in [0.25, 0.3) is 5.91 Å². The second-order valence-corrected chi connectivity index (χ2v) is 5.29. The maximum absolute atomic E-state index is 12.4. The van der Waals surface area contributed by atoms with Crippen molar-refractivity contribution in [1.82, 2.24) is 9.88 Å². The number of carbonyl (C=O) groups is 1. The Labute approximate surface area is 126 Å². The molecule has 0 spiro atoms. The quantitative estimate of drug-likeness (QED) is 0.806. The highest BCUT2D eigenvalue weighted by atomic mass is 16.5. The van der Waals surface area contributed by atoms with Gasteiger partial charge in [0.05, 0.1) is 25.1 Å². The highest BCUT2D eigenvalue weighted by molar-refractivity contribution is 5.92. The second kappa shape index (κ2) is 7.98. The topological polar surface area (TPSA) is 45.7 Å². The van der Waals surface area contributed by atoms with Crippen LogP contribution in [0.4, 0.5) is 5.69 Å². The van der Waals surface area contributed by atoms with Crippen molar-refractivity contribution in [2.45, 2.75) is 26.7 Å². The van der Waals surface area contributed by atoms with Crippen LogP contribution in [0.5, 0.6) is 0 Å². The Balaban J connectivity index is 2.04. The van der Waals surface area contributed by atoms with Crippen molar-refractivity contribution in [2.24, 2.45) is 0 Å². The Morgan fingerprint density at radius 3 is 2.43 bits per heavy atom. The maximum atomic E-state index is 12.4. The summed E-state index contributed by atoms with van der Waals surface area (Å²) in [5.74, 6) is 0.0345. The van der Waals surface area contributed by atoms with Crippen molar-refractivity contribution in [3.05, 3.63) is 24.0 Å². The fourth-order valence-corrected chi connectivity index (χ4v) is 2.54. The van der Waals surface area contributed by atoms with Gasteiger partial charge in [-0.2, -0.15) is 0 Å². The van der Waals surface area contributed by atoms with E-state index in [0.717, 1.165) is 57.9 Å². The van der Waals surface area contributed by atoms with Crippen LogP contribution in [-0.2, 0) is 4.74 Å². The molecular weight excluding hydrogens is 266 g/mol. The summed E-state index contributed by atoms with van der Waals surface area (Å²) in [4.78, 5) is 20.9. The molecule has 0 atom stereocenters. The highest BCUT2D eigenvalue weighted by Gasteiger charge is 2.17. The Morgan fingerprint density at radius 2 is 1.90 bits per heavy atom. The minimum Gasteiger partial charge on any atom is -0.378 e. The molecule has 5 nitrogen and oxygen atoms in total. The summed E-state index contributed by atoms with van der Waals surface area (Å²) in [6.07, 6.45) is 3.74. The first kappa shape index (κ1) is 15.8. The number of ether oxygens (including phenoxy) is 1. The van der Waals surface area contributed by atoms with Crippen molar-refractivity contribution in [1.29, 1.82) is 0 Å². The van der Waals surface area contributed by atoms with Gasteiger partial charge in [0.2, 0.25) is 0 Å². The molecule has 2 heterocycles.